The maximum absolute atomic E-state index is 11.4. The standard InChI is InChI=1S/C11H21NO2/c1-4-9(2)12-7-5-6-10(8-12)11(13)14-3/h9-10H,4-8H2,1-3H3. The largest absolute Gasteiger partial charge is 0.469 e. The van der Waals surface area contributed by atoms with E-state index < -0.39 is 0 Å². The van der Waals surface area contributed by atoms with Crippen LogP contribution in [0.4, 0.5) is 0 Å². The fourth-order valence-corrected chi connectivity index (χ4v) is 2.02. The SMILES string of the molecule is CCC(C)N1CCCC(C(=O)OC)C1. The number of methoxy groups -OCH3 is 1. The van der Waals surface area contributed by atoms with Crippen molar-refractivity contribution in [2.45, 2.75) is 39.2 Å². The third-order valence-corrected chi connectivity index (χ3v) is 3.20. The highest BCUT2D eigenvalue weighted by molar-refractivity contribution is 5.72. The van der Waals surface area contributed by atoms with Crippen LogP contribution in [0.5, 0.6) is 0 Å². The van der Waals surface area contributed by atoms with Gasteiger partial charge in [0.1, 0.15) is 0 Å². The van der Waals surface area contributed by atoms with Gasteiger partial charge in [-0.05, 0) is 32.7 Å². The van der Waals surface area contributed by atoms with E-state index in [-0.39, 0.29) is 11.9 Å². The number of esters is 1. The molecule has 3 nitrogen and oxygen atoms in total. The van der Waals surface area contributed by atoms with Crippen LogP contribution in [0.25, 0.3) is 0 Å². The van der Waals surface area contributed by atoms with E-state index in [0.717, 1.165) is 32.4 Å². The molecule has 1 heterocycles. The van der Waals surface area contributed by atoms with Gasteiger partial charge in [0.2, 0.25) is 0 Å². The summed E-state index contributed by atoms with van der Waals surface area (Å²) in [4.78, 5) is 13.8. The van der Waals surface area contributed by atoms with E-state index in [0.29, 0.717) is 6.04 Å². The second-order valence-electron chi connectivity index (χ2n) is 4.11. The Kier molecular flexibility index (Phi) is 4.39. The predicted octanol–water partition coefficient (Wildman–Crippen LogP) is 1.67. The highest BCUT2D eigenvalue weighted by Crippen LogP contribution is 2.20. The van der Waals surface area contributed by atoms with E-state index >= 15 is 0 Å². The highest BCUT2D eigenvalue weighted by atomic mass is 16.5. The number of carbonyl (C=O) groups is 1. The minimum absolute atomic E-state index is 0.0435. The van der Waals surface area contributed by atoms with Crippen molar-refractivity contribution in [1.29, 1.82) is 0 Å². The van der Waals surface area contributed by atoms with E-state index in [1.54, 1.807) is 0 Å². The molecule has 1 rings (SSSR count). The topological polar surface area (TPSA) is 29.5 Å². The van der Waals surface area contributed by atoms with Crippen molar-refractivity contribution in [1.82, 2.24) is 4.90 Å². The molecule has 0 aromatic carbocycles. The molecule has 1 saturated heterocycles. The zero-order chi connectivity index (χ0) is 10.6. The molecular weight excluding hydrogens is 178 g/mol. The number of hydrogen-bond acceptors (Lipinski definition) is 3. The molecule has 0 spiro atoms. The smallest absolute Gasteiger partial charge is 0.309 e. The summed E-state index contributed by atoms with van der Waals surface area (Å²) in [5.41, 5.74) is 0. The lowest BCUT2D eigenvalue weighted by atomic mass is 9.96. The molecule has 0 aromatic heterocycles. The third-order valence-electron chi connectivity index (χ3n) is 3.20. The van der Waals surface area contributed by atoms with Crippen LogP contribution < -0.4 is 0 Å². The third kappa shape index (κ3) is 2.71. The van der Waals surface area contributed by atoms with Crippen molar-refractivity contribution in [2.24, 2.45) is 5.92 Å². The Morgan fingerprint density at radius 3 is 2.93 bits per heavy atom. The lowest BCUT2D eigenvalue weighted by molar-refractivity contribution is -0.147. The molecule has 1 fully saturated rings. The second kappa shape index (κ2) is 5.35. The van der Waals surface area contributed by atoms with Gasteiger partial charge in [-0.2, -0.15) is 0 Å². The molecule has 3 heteroatoms. The van der Waals surface area contributed by atoms with Gasteiger partial charge in [0.25, 0.3) is 0 Å². The average Bonchev–Trinajstić information content (AvgIpc) is 2.27. The summed E-state index contributed by atoms with van der Waals surface area (Å²) < 4.78 is 4.79. The van der Waals surface area contributed by atoms with Crippen LogP contribution in [0, 0.1) is 5.92 Å². The van der Waals surface area contributed by atoms with Gasteiger partial charge in [-0.15, -0.1) is 0 Å². The zero-order valence-corrected chi connectivity index (χ0v) is 9.45. The first-order valence-electron chi connectivity index (χ1n) is 5.51. The summed E-state index contributed by atoms with van der Waals surface area (Å²) in [6.45, 7) is 6.41. The minimum atomic E-state index is -0.0435. The van der Waals surface area contributed by atoms with Crippen LogP contribution in [-0.4, -0.2) is 37.1 Å². The maximum Gasteiger partial charge on any atom is 0.309 e. The molecule has 0 aromatic rings. The maximum atomic E-state index is 11.4. The first-order valence-corrected chi connectivity index (χ1v) is 5.51. The number of likely N-dealkylation sites (tertiary alicyclic amines) is 1. The van der Waals surface area contributed by atoms with Crippen LogP contribution in [0.15, 0.2) is 0 Å². The van der Waals surface area contributed by atoms with Gasteiger partial charge >= 0.3 is 5.97 Å². The Morgan fingerprint density at radius 1 is 1.64 bits per heavy atom. The fourth-order valence-electron chi connectivity index (χ4n) is 2.02. The molecular formula is C11H21NO2. The molecule has 14 heavy (non-hydrogen) atoms. The van der Waals surface area contributed by atoms with Crippen molar-refractivity contribution >= 4 is 5.97 Å². The van der Waals surface area contributed by atoms with E-state index in [2.05, 4.69) is 18.7 Å². The number of carbonyl (C=O) groups excluding carboxylic acids is 1. The first kappa shape index (κ1) is 11.5. The molecule has 0 saturated carbocycles. The van der Waals surface area contributed by atoms with Crippen molar-refractivity contribution < 1.29 is 9.53 Å². The first-order chi connectivity index (χ1) is 6.69. The van der Waals surface area contributed by atoms with Crippen LogP contribution in [-0.2, 0) is 9.53 Å². The van der Waals surface area contributed by atoms with Crippen molar-refractivity contribution in [3.8, 4) is 0 Å². The molecule has 1 aliphatic rings. The number of nitrogens with zero attached hydrogens (tertiary/aromatic N) is 1. The van der Waals surface area contributed by atoms with Crippen LogP contribution in [0.1, 0.15) is 33.1 Å². The number of hydrogen-bond donors (Lipinski definition) is 0. The fraction of sp³-hybridized carbons (Fsp3) is 0.909. The number of ether oxygens (including phenoxy) is 1. The number of piperidine rings is 1. The van der Waals surface area contributed by atoms with Crippen molar-refractivity contribution in [2.75, 3.05) is 20.2 Å². The molecule has 0 radical (unpaired) electrons. The number of rotatable bonds is 3. The Hall–Kier alpha value is -0.570. The summed E-state index contributed by atoms with van der Waals surface area (Å²) in [7, 11) is 1.48. The van der Waals surface area contributed by atoms with Crippen LogP contribution in [0.3, 0.4) is 0 Å². The van der Waals surface area contributed by atoms with E-state index in [4.69, 9.17) is 4.74 Å². The molecule has 0 N–H and O–H groups in total. The van der Waals surface area contributed by atoms with Gasteiger partial charge in [-0.1, -0.05) is 6.92 Å². The summed E-state index contributed by atoms with van der Waals surface area (Å²) >= 11 is 0. The second-order valence-corrected chi connectivity index (χ2v) is 4.11. The molecule has 82 valence electrons. The highest BCUT2D eigenvalue weighted by Gasteiger charge is 2.27. The van der Waals surface area contributed by atoms with Gasteiger partial charge in [0.15, 0.2) is 0 Å². The van der Waals surface area contributed by atoms with Crippen molar-refractivity contribution in [3.05, 3.63) is 0 Å². The molecule has 0 amide bonds. The lowest BCUT2D eigenvalue weighted by Crippen LogP contribution is -2.43. The summed E-state index contributed by atoms with van der Waals surface area (Å²) in [6.07, 6.45) is 3.25. The van der Waals surface area contributed by atoms with Gasteiger partial charge < -0.3 is 4.74 Å². The van der Waals surface area contributed by atoms with Gasteiger partial charge in [-0.3, -0.25) is 9.69 Å². The molecule has 0 bridgehead atoms. The van der Waals surface area contributed by atoms with Crippen LogP contribution >= 0.6 is 0 Å². The van der Waals surface area contributed by atoms with Gasteiger partial charge in [-0.25, -0.2) is 0 Å². The normalized spacial score (nSPS) is 25.8. The molecule has 2 atom stereocenters. The van der Waals surface area contributed by atoms with Gasteiger partial charge in [0, 0.05) is 12.6 Å². The van der Waals surface area contributed by atoms with Crippen molar-refractivity contribution in [3.63, 3.8) is 0 Å². The van der Waals surface area contributed by atoms with Crippen LogP contribution in [0.2, 0.25) is 0 Å². The predicted molar refractivity (Wildman–Crippen MR) is 56.1 cm³/mol. The summed E-state index contributed by atoms with van der Waals surface area (Å²) in [5, 5.41) is 0. The molecule has 1 aliphatic heterocycles. The average molecular weight is 199 g/mol. The molecule has 2 unspecified atom stereocenters. The Morgan fingerprint density at radius 2 is 2.36 bits per heavy atom. The van der Waals surface area contributed by atoms with E-state index in [1.165, 1.54) is 7.11 Å². The Balaban J connectivity index is 2.47. The quantitative estimate of drug-likeness (QED) is 0.648. The van der Waals surface area contributed by atoms with E-state index in [9.17, 15) is 4.79 Å². The summed E-state index contributed by atoms with van der Waals surface area (Å²) in [5.74, 6) is 0.0563. The zero-order valence-electron chi connectivity index (χ0n) is 9.45. The molecule has 0 aliphatic carbocycles. The monoisotopic (exact) mass is 199 g/mol. The Labute approximate surface area is 86.4 Å². The minimum Gasteiger partial charge on any atom is -0.469 e. The lowest BCUT2D eigenvalue weighted by Gasteiger charge is -2.35. The van der Waals surface area contributed by atoms with E-state index in [1.807, 2.05) is 0 Å². The Bertz CT molecular complexity index is 194. The van der Waals surface area contributed by atoms with Gasteiger partial charge in [0.05, 0.1) is 13.0 Å². The summed E-state index contributed by atoms with van der Waals surface area (Å²) in [6, 6.07) is 0.586.